The number of allylic oxidation sites excluding steroid dienone is 4. The third-order valence-electron chi connectivity index (χ3n) is 7.99. The lowest BCUT2D eigenvalue weighted by Gasteiger charge is -2.26. The summed E-state index contributed by atoms with van der Waals surface area (Å²) in [5.74, 6) is 0.235. The molecule has 5 aromatic carbocycles. The SMILES string of the molecule is C=C1/C=C\C=C/N(c2ccc(CN(/N=C/c3ccccc3)C(=N)c3ccc(C#N)cc3)cc2)c2c1ccc1c2oc2ccccc21. The number of hydrazone groups is 1. The highest BCUT2D eigenvalue weighted by Gasteiger charge is 2.22. The highest BCUT2D eigenvalue weighted by atomic mass is 16.3. The zero-order chi connectivity index (χ0) is 31.5. The molecule has 220 valence electrons. The molecule has 0 aliphatic carbocycles. The van der Waals surface area contributed by atoms with Crippen LogP contribution in [-0.4, -0.2) is 17.1 Å². The van der Waals surface area contributed by atoms with Gasteiger partial charge in [-0.05, 0) is 71.3 Å². The van der Waals surface area contributed by atoms with E-state index >= 15 is 0 Å². The Bertz CT molecular complexity index is 2220. The Hall–Kier alpha value is -6.45. The first-order valence-electron chi connectivity index (χ1n) is 14.9. The average molecular weight is 596 g/mol. The molecule has 0 amide bonds. The van der Waals surface area contributed by atoms with Gasteiger partial charge in [-0.25, -0.2) is 5.01 Å². The van der Waals surface area contributed by atoms with Crippen molar-refractivity contribution in [2.24, 2.45) is 5.10 Å². The normalized spacial score (nSPS) is 14.1. The minimum Gasteiger partial charge on any atom is -0.454 e. The highest BCUT2D eigenvalue weighted by molar-refractivity contribution is 6.12. The van der Waals surface area contributed by atoms with Gasteiger partial charge in [0.2, 0.25) is 0 Å². The number of amidine groups is 1. The van der Waals surface area contributed by atoms with Crippen LogP contribution in [-0.2, 0) is 6.54 Å². The van der Waals surface area contributed by atoms with E-state index < -0.39 is 0 Å². The van der Waals surface area contributed by atoms with Gasteiger partial charge in [0.25, 0.3) is 0 Å². The topological polar surface area (TPSA) is 79.6 Å². The number of para-hydroxylation sites is 1. The van der Waals surface area contributed by atoms with Crippen LogP contribution in [0.4, 0.5) is 11.4 Å². The molecule has 7 rings (SSSR count). The number of nitrogens with one attached hydrogen (secondary N) is 1. The van der Waals surface area contributed by atoms with Crippen molar-refractivity contribution in [1.29, 1.82) is 10.7 Å². The Morgan fingerprint density at radius 1 is 0.870 bits per heavy atom. The Morgan fingerprint density at radius 3 is 2.41 bits per heavy atom. The molecule has 0 spiro atoms. The van der Waals surface area contributed by atoms with Gasteiger partial charge in [0.05, 0.1) is 30.1 Å². The van der Waals surface area contributed by atoms with Crippen molar-refractivity contribution in [2.75, 3.05) is 4.90 Å². The van der Waals surface area contributed by atoms with Crippen LogP contribution < -0.4 is 4.90 Å². The fraction of sp³-hybridized carbons (Fsp3) is 0.0250. The lowest BCUT2D eigenvalue weighted by atomic mass is 9.99. The molecule has 1 N–H and O–H groups in total. The molecule has 46 heavy (non-hydrogen) atoms. The van der Waals surface area contributed by atoms with E-state index in [-0.39, 0.29) is 5.84 Å². The quantitative estimate of drug-likeness (QED) is 0.118. The molecule has 6 heteroatoms. The highest BCUT2D eigenvalue weighted by Crippen LogP contribution is 2.43. The molecule has 1 aromatic heterocycles. The Balaban J connectivity index is 1.24. The van der Waals surface area contributed by atoms with Gasteiger partial charge in [-0.3, -0.25) is 5.41 Å². The van der Waals surface area contributed by atoms with Crippen LogP contribution in [0.5, 0.6) is 0 Å². The molecule has 0 fully saturated rings. The number of anilines is 2. The van der Waals surface area contributed by atoms with Crippen molar-refractivity contribution in [3.8, 4) is 6.07 Å². The molecule has 0 radical (unpaired) electrons. The van der Waals surface area contributed by atoms with E-state index in [9.17, 15) is 5.26 Å². The fourth-order valence-corrected chi connectivity index (χ4v) is 5.60. The van der Waals surface area contributed by atoms with Crippen LogP contribution in [0.25, 0.3) is 27.5 Å². The summed E-state index contributed by atoms with van der Waals surface area (Å²) in [6.07, 6.45) is 9.81. The van der Waals surface area contributed by atoms with E-state index in [0.29, 0.717) is 17.7 Å². The monoisotopic (exact) mass is 595 g/mol. The number of furan rings is 1. The summed E-state index contributed by atoms with van der Waals surface area (Å²) >= 11 is 0. The van der Waals surface area contributed by atoms with Crippen molar-refractivity contribution >= 4 is 50.9 Å². The molecule has 0 saturated carbocycles. The molecule has 0 unspecified atom stereocenters. The van der Waals surface area contributed by atoms with E-state index in [1.54, 1.807) is 35.5 Å². The summed E-state index contributed by atoms with van der Waals surface area (Å²) in [4.78, 5) is 2.14. The second-order valence-corrected chi connectivity index (χ2v) is 10.9. The standard InChI is InChI=1S/C40H29N5O/c1-28-9-7-8-24-44(38-34(28)22-23-36-35-12-5-6-13-37(35)46-39(36)38)33-20-16-31(17-21-33)27-45(43-26-30-10-3-2-4-11-30)40(42)32-18-14-29(25-41)15-19-32/h2-24,26,42H,1,27H2/b9-7-,24-8-,42-40?,43-26+. The van der Waals surface area contributed by atoms with Gasteiger partial charge in [-0.15, -0.1) is 0 Å². The van der Waals surface area contributed by atoms with Crippen molar-refractivity contribution in [2.45, 2.75) is 6.54 Å². The van der Waals surface area contributed by atoms with Gasteiger partial charge in [0.15, 0.2) is 5.58 Å². The van der Waals surface area contributed by atoms with Crippen LogP contribution in [0.15, 0.2) is 156 Å². The minimum atomic E-state index is 0.235. The van der Waals surface area contributed by atoms with Crippen LogP contribution in [0.2, 0.25) is 0 Å². The largest absolute Gasteiger partial charge is 0.454 e. The average Bonchev–Trinajstić information content (AvgIpc) is 3.48. The van der Waals surface area contributed by atoms with E-state index in [1.165, 1.54) is 0 Å². The number of hydrogen-bond acceptors (Lipinski definition) is 5. The number of nitriles is 1. The van der Waals surface area contributed by atoms with Crippen molar-refractivity contribution in [1.82, 2.24) is 5.01 Å². The zero-order valence-electron chi connectivity index (χ0n) is 25.0. The molecular formula is C40H29N5O. The maximum Gasteiger partial charge on any atom is 0.160 e. The van der Waals surface area contributed by atoms with Gasteiger partial charge in [0, 0.05) is 33.8 Å². The van der Waals surface area contributed by atoms with Gasteiger partial charge < -0.3 is 9.32 Å². The second kappa shape index (κ2) is 12.3. The molecular weight excluding hydrogens is 566 g/mol. The summed E-state index contributed by atoms with van der Waals surface area (Å²) in [6.45, 7) is 4.72. The first kappa shape index (κ1) is 28.3. The lowest BCUT2D eigenvalue weighted by Crippen LogP contribution is -2.26. The molecule has 1 aliphatic rings. The first-order valence-corrected chi connectivity index (χ1v) is 14.9. The first-order chi connectivity index (χ1) is 22.6. The summed E-state index contributed by atoms with van der Waals surface area (Å²) < 4.78 is 6.47. The van der Waals surface area contributed by atoms with Crippen molar-refractivity contribution in [3.05, 3.63) is 174 Å². The Morgan fingerprint density at radius 2 is 1.63 bits per heavy atom. The number of fused-ring (bicyclic) bond motifs is 5. The number of rotatable bonds is 6. The van der Waals surface area contributed by atoms with Crippen molar-refractivity contribution in [3.63, 3.8) is 0 Å². The molecule has 0 bridgehead atoms. The van der Waals surface area contributed by atoms with Crippen molar-refractivity contribution < 1.29 is 4.42 Å². The number of nitrogens with zero attached hydrogens (tertiary/aromatic N) is 4. The van der Waals surface area contributed by atoms with E-state index in [4.69, 9.17) is 14.9 Å². The van der Waals surface area contributed by atoms with Gasteiger partial charge in [0.1, 0.15) is 11.4 Å². The van der Waals surface area contributed by atoms with Crippen LogP contribution in [0, 0.1) is 16.7 Å². The van der Waals surface area contributed by atoms with Gasteiger partial charge >= 0.3 is 0 Å². The third kappa shape index (κ3) is 5.49. The van der Waals surface area contributed by atoms with E-state index in [2.05, 4.69) is 60.0 Å². The maximum absolute atomic E-state index is 9.22. The molecule has 6 aromatic rings. The zero-order valence-corrected chi connectivity index (χ0v) is 25.0. The van der Waals surface area contributed by atoms with Crippen LogP contribution >= 0.6 is 0 Å². The van der Waals surface area contributed by atoms with Gasteiger partial charge in [-0.1, -0.05) is 85.5 Å². The maximum atomic E-state index is 9.22. The minimum absolute atomic E-state index is 0.235. The lowest BCUT2D eigenvalue weighted by molar-refractivity contribution is 0.439. The Labute approximate surface area is 267 Å². The Kier molecular flexibility index (Phi) is 7.56. The predicted molar refractivity (Wildman–Crippen MR) is 187 cm³/mol. The van der Waals surface area contributed by atoms with Crippen LogP contribution in [0.1, 0.15) is 27.8 Å². The number of hydrogen-bond donors (Lipinski definition) is 1. The second-order valence-electron chi connectivity index (χ2n) is 10.9. The third-order valence-corrected chi connectivity index (χ3v) is 7.99. The summed E-state index contributed by atoms with van der Waals surface area (Å²) in [6, 6.07) is 39.5. The van der Waals surface area contributed by atoms with E-state index in [0.717, 1.165) is 55.6 Å². The number of benzene rings is 5. The summed E-state index contributed by atoms with van der Waals surface area (Å²) in [5.41, 5.74) is 8.57. The molecule has 6 nitrogen and oxygen atoms in total. The molecule has 1 aliphatic heterocycles. The van der Waals surface area contributed by atoms with Gasteiger partial charge in [-0.2, -0.15) is 10.4 Å². The summed E-state index contributed by atoms with van der Waals surface area (Å²) in [7, 11) is 0. The molecule has 0 saturated heterocycles. The molecule has 2 heterocycles. The predicted octanol–water partition coefficient (Wildman–Crippen LogP) is 9.55. The van der Waals surface area contributed by atoms with Crippen LogP contribution in [0.3, 0.4) is 0 Å². The fourth-order valence-electron chi connectivity index (χ4n) is 5.60. The van der Waals surface area contributed by atoms with E-state index in [1.807, 2.05) is 73.0 Å². The smallest absolute Gasteiger partial charge is 0.160 e. The molecule has 0 atom stereocenters. The summed E-state index contributed by atoms with van der Waals surface area (Å²) in [5, 5.41) is 26.7.